The Labute approximate surface area is 226 Å². The van der Waals surface area contributed by atoms with Crippen molar-refractivity contribution < 1.29 is 29.4 Å². The van der Waals surface area contributed by atoms with Crippen LogP contribution in [0.5, 0.6) is 0 Å². The van der Waals surface area contributed by atoms with Crippen LogP contribution >= 0.6 is 0 Å². The lowest BCUT2D eigenvalue weighted by Gasteiger charge is -2.04. The van der Waals surface area contributed by atoms with E-state index < -0.39 is 29.8 Å². The maximum Gasteiger partial charge on any atom is 0.320 e. The predicted octanol–water partition coefficient (Wildman–Crippen LogP) is 2.69. The highest BCUT2D eigenvalue weighted by molar-refractivity contribution is 6.23. The van der Waals surface area contributed by atoms with Crippen LogP contribution in [-0.4, -0.2) is 56.3 Å². The molecule has 0 fully saturated rings. The predicted molar refractivity (Wildman–Crippen MR) is 148 cm³/mol. The van der Waals surface area contributed by atoms with Gasteiger partial charge in [0.05, 0.1) is 11.0 Å². The number of carboxylic acid groups (broad SMARTS) is 2. The van der Waals surface area contributed by atoms with Crippen LogP contribution in [0.15, 0.2) is 97.3 Å². The number of carbonyl (C=O) groups excluding carboxylic acids is 2. The summed E-state index contributed by atoms with van der Waals surface area (Å²) in [5.41, 5.74) is 14.5. The van der Waals surface area contributed by atoms with Crippen LogP contribution in [0.2, 0.25) is 0 Å². The monoisotopic (exact) mass is 532 g/mol. The number of hydrogen-bond acceptors (Lipinski definition) is 8. The second kappa shape index (κ2) is 18.4. The molecule has 0 aliphatic heterocycles. The normalized spacial score (nSPS) is 11.1. The number of nitrogens with two attached hydrogens (primary N) is 2. The van der Waals surface area contributed by atoms with E-state index in [1.54, 1.807) is 12.4 Å². The van der Waals surface area contributed by atoms with Crippen LogP contribution in [0, 0.1) is 0 Å². The molecule has 4 aromatic rings. The van der Waals surface area contributed by atoms with Gasteiger partial charge >= 0.3 is 11.9 Å². The number of carboxylic acids is 2. The maximum atomic E-state index is 10.4. The summed E-state index contributed by atoms with van der Waals surface area (Å²) in [6, 6.07) is 24.9. The van der Waals surface area contributed by atoms with Gasteiger partial charge in [-0.3, -0.25) is 29.1 Å². The number of carbonyl (C=O) groups is 4. The number of ketones is 1. The summed E-state index contributed by atoms with van der Waals surface area (Å²) in [7, 11) is 0. The van der Waals surface area contributed by atoms with Crippen molar-refractivity contribution in [1.82, 2.24) is 9.97 Å². The summed E-state index contributed by atoms with van der Waals surface area (Å²) >= 11 is 0. The zero-order valence-electron chi connectivity index (χ0n) is 21.5. The largest absolute Gasteiger partial charge is 0.480 e. The molecular formula is C29H32N4O6. The number of fused-ring (bicyclic) bond motifs is 1. The van der Waals surface area contributed by atoms with E-state index in [2.05, 4.69) is 9.97 Å². The Balaban J connectivity index is 0.000000270. The molecule has 4 rings (SSSR count). The minimum Gasteiger partial charge on any atom is -0.480 e. The maximum absolute atomic E-state index is 10.4. The molecule has 1 aromatic heterocycles. The van der Waals surface area contributed by atoms with Gasteiger partial charge in [0.25, 0.3) is 0 Å². The zero-order chi connectivity index (χ0) is 29.0. The molecule has 2 atom stereocenters. The summed E-state index contributed by atoms with van der Waals surface area (Å²) in [6.07, 6.45) is 4.44. The van der Waals surface area contributed by atoms with Gasteiger partial charge in [0, 0.05) is 19.3 Å². The van der Waals surface area contributed by atoms with Crippen molar-refractivity contribution in [3.63, 3.8) is 0 Å². The van der Waals surface area contributed by atoms with E-state index in [0.717, 1.165) is 22.2 Å². The summed E-state index contributed by atoms with van der Waals surface area (Å²) in [6.45, 7) is 1.22. The molecule has 0 bridgehead atoms. The third-order valence-electron chi connectivity index (χ3n) is 4.77. The molecule has 1 heterocycles. The van der Waals surface area contributed by atoms with Crippen molar-refractivity contribution in [2.24, 2.45) is 11.5 Å². The number of aldehydes is 1. The number of hydrogen-bond donors (Lipinski definition) is 4. The first-order chi connectivity index (χ1) is 18.6. The topological polar surface area (TPSA) is 187 Å². The van der Waals surface area contributed by atoms with E-state index in [0.29, 0.717) is 12.8 Å². The van der Waals surface area contributed by atoms with Crippen molar-refractivity contribution in [3.8, 4) is 0 Å². The van der Waals surface area contributed by atoms with Gasteiger partial charge in [0.15, 0.2) is 12.1 Å². The van der Waals surface area contributed by atoms with Gasteiger partial charge in [-0.2, -0.15) is 0 Å². The number of aromatic nitrogens is 2. The van der Waals surface area contributed by atoms with E-state index in [9.17, 15) is 14.4 Å². The standard InChI is InChI=1S/2C9H11NO2.C8H6N2.C3H4O2/c2*10-8(9(11)12)6-7-4-2-1-3-5-7;1-2-4-8-7(3-1)9-5-6-10-8;1-3(5)2-4/h2*1-5,8H,6,10H2,(H,11,12);1-6H;2H,1H3. The molecule has 0 saturated carbocycles. The summed E-state index contributed by atoms with van der Waals surface area (Å²) < 4.78 is 0. The molecule has 0 amide bonds. The summed E-state index contributed by atoms with van der Waals surface area (Å²) in [5, 5.41) is 17.0. The number of nitrogens with zero attached hydrogens (tertiary/aromatic N) is 2. The fourth-order valence-electron chi connectivity index (χ4n) is 2.82. The number of rotatable bonds is 7. The molecule has 10 heteroatoms. The lowest BCUT2D eigenvalue weighted by atomic mass is 10.1. The van der Waals surface area contributed by atoms with Crippen molar-refractivity contribution in [2.45, 2.75) is 31.8 Å². The molecular weight excluding hydrogens is 500 g/mol. The van der Waals surface area contributed by atoms with Gasteiger partial charge in [0.1, 0.15) is 12.1 Å². The molecule has 39 heavy (non-hydrogen) atoms. The zero-order valence-corrected chi connectivity index (χ0v) is 21.5. The Morgan fingerprint density at radius 3 is 1.28 bits per heavy atom. The molecule has 204 valence electrons. The van der Waals surface area contributed by atoms with Crippen molar-refractivity contribution in [1.29, 1.82) is 0 Å². The molecule has 0 saturated heterocycles. The van der Waals surface area contributed by atoms with Gasteiger partial charge in [-0.15, -0.1) is 0 Å². The van der Waals surface area contributed by atoms with Gasteiger partial charge in [0.2, 0.25) is 0 Å². The Morgan fingerprint density at radius 2 is 1.00 bits per heavy atom. The van der Waals surface area contributed by atoms with E-state index in [1.165, 1.54) is 6.92 Å². The summed E-state index contributed by atoms with van der Waals surface area (Å²) in [4.78, 5) is 47.6. The number of para-hydroxylation sites is 2. The third kappa shape index (κ3) is 14.5. The van der Waals surface area contributed by atoms with Crippen molar-refractivity contribution in [2.75, 3.05) is 0 Å². The second-order valence-electron chi connectivity index (χ2n) is 8.04. The summed E-state index contributed by atoms with van der Waals surface area (Å²) in [5.74, 6) is -2.34. The van der Waals surface area contributed by atoms with Crippen LogP contribution in [0.25, 0.3) is 11.0 Å². The number of Topliss-reactive ketones (excluding diaryl/α,β-unsaturated/α-hetero) is 1. The minimum atomic E-state index is -0.959. The Morgan fingerprint density at radius 1 is 0.692 bits per heavy atom. The lowest BCUT2D eigenvalue weighted by Crippen LogP contribution is -2.32. The molecule has 0 aliphatic rings. The highest BCUT2D eigenvalue weighted by Crippen LogP contribution is 2.05. The Hall–Kier alpha value is -4.80. The van der Waals surface area contributed by atoms with Gasteiger partial charge in [-0.25, -0.2) is 0 Å². The van der Waals surface area contributed by atoms with E-state index >= 15 is 0 Å². The molecule has 0 radical (unpaired) electrons. The molecule has 0 spiro atoms. The minimum absolute atomic E-state index is 0.278. The van der Waals surface area contributed by atoms with Crippen molar-refractivity contribution in [3.05, 3.63) is 108 Å². The molecule has 3 aromatic carbocycles. The van der Waals surface area contributed by atoms with E-state index in [-0.39, 0.29) is 6.29 Å². The highest BCUT2D eigenvalue weighted by Gasteiger charge is 2.11. The van der Waals surface area contributed by atoms with Crippen LogP contribution in [-0.2, 0) is 32.0 Å². The number of aliphatic carboxylic acids is 2. The quantitative estimate of drug-likeness (QED) is 0.204. The van der Waals surface area contributed by atoms with Gasteiger partial charge in [-0.1, -0.05) is 72.8 Å². The average Bonchev–Trinajstić information content (AvgIpc) is 2.95. The van der Waals surface area contributed by atoms with Crippen LogP contribution in [0.3, 0.4) is 0 Å². The van der Waals surface area contributed by atoms with Crippen molar-refractivity contribution >= 4 is 35.0 Å². The SMILES string of the molecule is CC(=O)C=O.NC(Cc1ccccc1)C(=O)O.NC(Cc1ccccc1)C(=O)O.c1ccc2nccnc2c1. The molecule has 10 nitrogen and oxygen atoms in total. The average molecular weight is 533 g/mol. The fourth-order valence-corrected chi connectivity index (χ4v) is 2.82. The first-order valence-electron chi connectivity index (χ1n) is 11.8. The smallest absolute Gasteiger partial charge is 0.320 e. The first kappa shape index (κ1) is 32.2. The Kier molecular flexibility index (Phi) is 15.2. The van der Waals surface area contributed by atoms with E-state index in [4.69, 9.17) is 26.5 Å². The number of benzene rings is 3. The third-order valence-corrected chi connectivity index (χ3v) is 4.77. The van der Waals surface area contributed by atoms with Gasteiger partial charge < -0.3 is 21.7 Å². The van der Waals surface area contributed by atoms with E-state index in [1.807, 2.05) is 84.9 Å². The van der Waals surface area contributed by atoms with Crippen LogP contribution in [0.4, 0.5) is 0 Å². The fraction of sp³-hybridized carbons (Fsp3) is 0.172. The molecule has 0 aliphatic carbocycles. The van der Waals surface area contributed by atoms with Gasteiger partial charge in [-0.05, 0) is 36.1 Å². The second-order valence-corrected chi connectivity index (χ2v) is 8.04. The van der Waals surface area contributed by atoms with Crippen LogP contribution in [0.1, 0.15) is 18.1 Å². The van der Waals surface area contributed by atoms with Crippen LogP contribution < -0.4 is 11.5 Å². The Bertz CT molecular complexity index is 1180. The first-order valence-corrected chi connectivity index (χ1v) is 11.8. The highest BCUT2D eigenvalue weighted by atomic mass is 16.4. The lowest BCUT2D eigenvalue weighted by molar-refractivity contribution is -0.139. The molecule has 6 N–H and O–H groups in total. The molecule has 2 unspecified atom stereocenters.